The number of amides is 2. The quantitative estimate of drug-likeness (QED) is 0.209. The number of rotatable bonds is 15. The van der Waals surface area contributed by atoms with E-state index in [4.69, 9.17) is 29.4 Å². The van der Waals surface area contributed by atoms with Crippen LogP contribution in [0.4, 0.5) is 0 Å². The van der Waals surface area contributed by atoms with Crippen molar-refractivity contribution in [1.82, 2.24) is 9.80 Å². The van der Waals surface area contributed by atoms with Crippen LogP contribution in [0, 0.1) is 11.8 Å². The number of primary amides is 1. The molecule has 2 aliphatic heterocycles. The summed E-state index contributed by atoms with van der Waals surface area (Å²) in [5.41, 5.74) is 8.85. The molecule has 3 aromatic carbocycles. The number of nitrogens with zero attached hydrogens (tertiary/aromatic N) is 2. The van der Waals surface area contributed by atoms with Crippen molar-refractivity contribution < 1.29 is 33.3 Å². The second-order valence-electron chi connectivity index (χ2n) is 12.6. The van der Waals surface area contributed by atoms with Gasteiger partial charge in [0.05, 0.1) is 39.6 Å². The number of likely N-dealkylation sites (tertiary alicyclic amines) is 2. The molecule has 2 N–H and O–H groups in total. The number of nitrogens with two attached hydrogens (primary N) is 1. The summed E-state index contributed by atoms with van der Waals surface area (Å²) in [6.45, 7) is 10.8. The summed E-state index contributed by atoms with van der Waals surface area (Å²) >= 11 is 0. The Morgan fingerprint density at radius 2 is 1.51 bits per heavy atom. The summed E-state index contributed by atoms with van der Waals surface area (Å²) in [7, 11) is 3.18. The van der Waals surface area contributed by atoms with E-state index in [1.807, 2.05) is 62.1 Å². The minimum atomic E-state index is -0.222. The highest BCUT2D eigenvalue weighted by atomic mass is 16.5. The lowest BCUT2D eigenvalue weighted by Crippen LogP contribution is -2.44. The Kier molecular flexibility index (Phi) is 12.3. The second kappa shape index (κ2) is 16.8. The molecule has 5 rings (SSSR count). The smallest absolute Gasteiger partial charge is 0.254 e. The molecule has 2 heterocycles. The van der Waals surface area contributed by atoms with Crippen LogP contribution in [0.2, 0.25) is 0 Å². The van der Waals surface area contributed by atoms with Crippen molar-refractivity contribution in [2.75, 3.05) is 66.8 Å². The summed E-state index contributed by atoms with van der Waals surface area (Å²) in [6.07, 6.45) is 2.64. The lowest BCUT2D eigenvalue weighted by Gasteiger charge is -2.38. The highest BCUT2D eigenvalue weighted by molar-refractivity contribution is 6.04. The predicted octanol–water partition coefficient (Wildman–Crippen LogP) is 6.01. The van der Waals surface area contributed by atoms with Crippen molar-refractivity contribution >= 4 is 11.8 Å². The molecule has 0 bridgehead atoms. The molecule has 0 aliphatic carbocycles. The van der Waals surface area contributed by atoms with Gasteiger partial charge in [0.25, 0.3) is 5.91 Å². The van der Waals surface area contributed by atoms with Gasteiger partial charge in [-0.1, -0.05) is 36.4 Å². The van der Waals surface area contributed by atoms with Crippen molar-refractivity contribution in [3.05, 3.63) is 65.7 Å². The van der Waals surface area contributed by atoms with Crippen molar-refractivity contribution in [2.24, 2.45) is 17.6 Å². The molecule has 10 heteroatoms. The number of methoxy groups -OCH3 is 2. The maximum Gasteiger partial charge on any atom is 0.254 e. The SMILES string of the molecule is CCOc1cc(C(=O)N2CCC(CCN3CCC(C(N)=O)C(c4ccccc4)C3)C2)c(-c2ccc(OC)c(OC)c2)c(OCC)c1OCC. The minimum absolute atomic E-state index is 0.0800. The van der Waals surface area contributed by atoms with E-state index in [-0.39, 0.29) is 23.7 Å². The molecule has 264 valence electrons. The van der Waals surface area contributed by atoms with E-state index in [0.29, 0.717) is 78.7 Å². The molecular formula is C39H51N3O7. The van der Waals surface area contributed by atoms with Crippen LogP contribution in [-0.4, -0.2) is 88.4 Å². The molecule has 0 radical (unpaired) electrons. The van der Waals surface area contributed by atoms with Crippen LogP contribution < -0.4 is 29.4 Å². The van der Waals surface area contributed by atoms with E-state index >= 15 is 0 Å². The zero-order valence-corrected chi connectivity index (χ0v) is 29.5. The Morgan fingerprint density at radius 3 is 2.18 bits per heavy atom. The van der Waals surface area contributed by atoms with Crippen LogP contribution in [0.3, 0.4) is 0 Å². The first-order chi connectivity index (χ1) is 23.8. The molecule has 2 amide bonds. The number of benzene rings is 3. The molecule has 0 aromatic heterocycles. The zero-order valence-electron chi connectivity index (χ0n) is 29.5. The molecule has 3 aromatic rings. The fourth-order valence-corrected chi connectivity index (χ4v) is 7.28. The van der Waals surface area contributed by atoms with Gasteiger partial charge < -0.3 is 39.2 Å². The number of piperidine rings is 1. The molecule has 2 aliphatic rings. The lowest BCUT2D eigenvalue weighted by atomic mass is 9.80. The average Bonchev–Trinajstić information content (AvgIpc) is 3.61. The van der Waals surface area contributed by atoms with Crippen molar-refractivity contribution in [2.45, 2.75) is 46.0 Å². The highest BCUT2D eigenvalue weighted by Crippen LogP contribution is 2.49. The van der Waals surface area contributed by atoms with Gasteiger partial charge >= 0.3 is 0 Å². The minimum Gasteiger partial charge on any atom is -0.493 e. The van der Waals surface area contributed by atoms with Crippen LogP contribution in [-0.2, 0) is 4.79 Å². The van der Waals surface area contributed by atoms with Crippen molar-refractivity contribution in [1.29, 1.82) is 0 Å². The molecular weight excluding hydrogens is 622 g/mol. The van der Waals surface area contributed by atoms with Gasteiger partial charge in [0.2, 0.25) is 11.7 Å². The van der Waals surface area contributed by atoms with Crippen LogP contribution >= 0.6 is 0 Å². The van der Waals surface area contributed by atoms with Crippen LogP contribution in [0.5, 0.6) is 28.7 Å². The molecule has 0 saturated carbocycles. The second-order valence-corrected chi connectivity index (χ2v) is 12.6. The molecule has 3 unspecified atom stereocenters. The third kappa shape index (κ3) is 8.07. The molecule has 2 saturated heterocycles. The topological polar surface area (TPSA) is 113 Å². The molecule has 2 fully saturated rings. The number of carbonyl (C=O) groups is 2. The summed E-state index contributed by atoms with van der Waals surface area (Å²) in [6, 6.07) is 17.6. The Hall–Kier alpha value is -4.44. The third-order valence-corrected chi connectivity index (χ3v) is 9.70. The van der Waals surface area contributed by atoms with Crippen molar-refractivity contribution in [3.8, 4) is 39.9 Å². The first-order valence-electron chi connectivity index (χ1n) is 17.5. The Balaban J connectivity index is 1.39. The van der Waals surface area contributed by atoms with Gasteiger partial charge in [-0.25, -0.2) is 0 Å². The average molecular weight is 674 g/mol. The number of ether oxygens (including phenoxy) is 5. The number of hydrogen-bond acceptors (Lipinski definition) is 8. The van der Waals surface area contributed by atoms with Crippen LogP contribution in [0.25, 0.3) is 11.1 Å². The van der Waals surface area contributed by atoms with Gasteiger partial charge in [-0.05, 0) is 88.4 Å². The van der Waals surface area contributed by atoms with Gasteiger partial charge in [0.15, 0.2) is 23.0 Å². The Morgan fingerprint density at radius 1 is 0.796 bits per heavy atom. The fraction of sp³-hybridized carbons (Fsp3) is 0.487. The number of carbonyl (C=O) groups excluding carboxylic acids is 2. The Labute approximate surface area is 290 Å². The zero-order chi connectivity index (χ0) is 34.9. The molecule has 10 nitrogen and oxygen atoms in total. The summed E-state index contributed by atoms with van der Waals surface area (Å²) in [5, 5.41) is 0. The van der Waals surface area contributed by atoms with Gasteiger partial charge in [0.1, 0.15) is 0 Å². The van der Waals surface area contributed by atoms with Gasteiger partial charge in [-0.15, -0.1) is 0 Å². The first kappa shape index (κ1) is 35.9. The summed E-state index contributed by atoms with van der Waals surface area (Å²) in [4.78, 5) is 31.2. The maximum atomic E-state index is 14.5. The monoisotopic (exact) mass is 673 g/mol. The standard InChI is InChI=1S/C39H51N3O7/c1-6-47-34-23-30(35(37(49-8-3)36(34)48-7-2)28-14-15-32(45-4)33(22-28)46-5)39(44)42-21-17-26(24-42)16-19-41-20-18-29(38(40)43)31(25-41)27-12-10-9-11-13-27/h9-15,22-23,26,29,31H,6-8,16-21,24-25H2,1-5H3,(H2,40,43). The normalized spacial score (nSPS) is 19.4. The summed E-state index contributed by atoms with van der Waals surface area (Å²) < 4.78 is 29.5. The van der Waals surface area contributed by atoms with Crippen molar-refractivity contribution in [3.63, 3.8) is 0 Å². The van der Waals surface area contributed by atoms with E-state index in [9.17, 15) is 9.59 Å². The molecule has 3 atom stereocenters. The van der Waals surface area contributed by atoms with E-state index in [2.05, 4.69) is 17.0 Å². The Bertz CT molecular complexity index is 1580. The molecule has 0 spiro atoms. The van der Waals surface area contributed by atoms with E-state index in [1.165, 1.54) is 0 Å². The maximum absolute atomic E-state index is 14.5. The van der Waals surface area contributed by atoms with E-state index in [1.54, 1.807) is 20.3 Å². The predicted molar refractivity (Wildman–Crippen MR) is 190 cm³/mol. The first-order valence-corrected chi connectivity index (χ1v) is 17.5. The highest BCUT2D eigenvalue weighted by Gasteiger charge is 2.36. The third-order valence-electron chi connectivity index (χ3n) is 9.70. The number of hydrogen-bond donors (Lipinski definition) is 1. The largest absolute Gasteiger partial charge is 0.493 e. The van der Waals surface area contributed by atoms with Gasteiger partial charge in [0, 0.05) is 37.0 Å². The molecule has 49 heavy (non-hydrogen) atoms. The summed E-state index contributed by atoms with van der Waals surface area (Å²) in [5.74, 6) is 2.53. The van der Waals surface area contributed by atoms with Crippen LogP contribution in [0.15, 0.2) is 54.6 Å². The van der Waals surface area contributed by atoms with E-state index in [0.717, 1.165) is 50.0 Å². The van der Waals surface area contributed by atoms with Gasteiger partial charge in [-0.2, -0.15) is 0 Å². The fourth-order valence-electron chi connectivity index (χ4n) is 7.28. The lowest BCUT2D eigenvalue weighted by molar-refractivity contribution is -0.123. The van der Waals surface area contributed by atoms with E-state index < -0.39 is 0 Å². The van der Waals surface area contributed by atoms with Crippen LogP contribution in [0.1, 0.15) is 61.9 Å². The van der Waals surface area contributed by atoms with Gasteiger partial charge in [-0.3, -0.25) is 9.59 Å².